The Morgan fingerprint density at radius 1 is 1.43 bits per heavy atom. The quantitative estimate of drug-likeness (QED) is 0.896. The van der Waals surface area contributed by atoms with E-state index in [-0.39, 0.29) is 23.3 Å². The lowest BCUT2D eigenvalue weighted by molar-refractivity contribution is 0.197. The first-order valence-electron chi connectivity index (χ1n) is 8.07. The number of rotatable bonds is 4. The van der Waals surface area contributed by atoms with Crippen molar-refractivity contribution in [3.8, 4) is 6.07 Å². The lowest BCUT2D eigenvalue weighted by Crippen LogP contribution is -2.48. The molecule has 2 N–H and O–H groups in total. The Hall–Kier alpha value is -2.29. The van der Waals surface area contributed by atoms with Crippen LogP contribution < -0.4 is 15.5 Å². The van der Waals surface area contributed by atoms with Gasteiger partial charge in [0.2, 0.25) is 0 Å². The topological polar surface area (TPSA) is 68.2 Å². The highest BCUT2D eigenvalue weighted by atomic mass is 19.1. The highest BCUT2D eigenvalue weighted by molar-refractivity contribution is 5.74. The van der Waals surface area contributed by atoms with Crippen molar-refractivity contribution in [3.05, 3.63) is 30.1 Å². The SMILES string of the molecule is N#CC1(CNC(=O)NC2CCN(c3ccccc3F)C2)CCC1. The first kappa shape index (κ1) is 15.6. The van der Waals surface area contributed by atoms with Crippen LogP contribution in [-0.4, -0.2) is 31.7 Å². The molecule has 23 heavy (non-hydrogen) atoms. The summed E-state index contributed by atoms with van der Waals surface area (Å²) < 4.78 is 13.8. The molecular formula is C17H21FN4O. The average Bonchev–Trinajstić information content (AvgIpc) is 2.95. The maximum atomic E-state index is 13.8. The van der Waals surface area contributed by atoms with Gasteiger partial charge in [-0.15, -0.1) is 0 Å². The molecule has 0 bridgehead atoms. The molecule has 1 aromatic carbocycles. The zero-order valence-electron chi connectivity index (χ0n) is 13.0. The summed E-state index contributed by atoms with van der Waals surface area (Å²) in [5, 5.41) is 14.9. The largest absolute Gasteiger partial charge is 0.367 e. The van der Waals surface area contributed by atoms with Crippen LogP contribution in [0.15, 0.2) is 24.3 Å². The molecular weight excluding hydrogens is 295 g/mol. The average molecular weight is 316 g/mol. The van der Waals surface area contributed by atoms with Gasteiger partial charge < -0.3 is 15.5 Å². The number of carbonyl (C=O) groups excluding carboxylic acids is 1. The van der Waals surface area contributed by atoms with Gasteiger partial charge in [-0.25, -0.2) is 9.18 Å². The van der Waals surface area contributed by atoms with Gasteiger partial charge in [-0.2, -0.15) is 5.26 Å². The number of halogens is 1. The molecule has 5 nitrogen and oxygen atoms in total. The summed E-state index contributed by atoms with van der Waals surface area (Å²) >= 11 is 0. The fourth-order valence-electron chi connectivity index (χ4n) is 3.22. The van der Waals surface area contributed by atoms with Crippen molar-refractivity contribution >= 4 is 11.7 Å². The van der Waals surface area contributed by atoms with Crippen LogP contribution in [0, 0.1) is 22.6 Å². The fourth-order valence-corrected chi connectivity index (χ4v) is 3.22. The van der Waals surface area contributed by atoms with Crippen LogP contribution in [0.25, 0.3) is 0 Å². The van der Waals surface area contributed by atoms with Crippen LogP contribution in [0.1, 0.15) is 25.7 Å². The van der Waals surface area contributed by atoms with Crippen LogP contribution in [0.3, 0.4) is 0 Å². The second-order valence-electron chi connectivity index (χ2n) is 6.46. The maximum Gasteiger partial charge on any atom is 0.315 e. The Kier molecular flexibility index (Phi) is 4.37. The zero-order chi connectivity index (χ0) is 16.3. The minimum absolute atomic E-state index is 0.00553. The summed E-state index contributed by atoms with van der Waals surface area (Å²) in [5.74, 6) is -0.237. The lowest BCUT2D eigenvalue weighted by atomic mass is 9.70. The van der Waals surface area contributed by atoms with E-state index in [4.69, 9.17) is 5.26 Å². The molecule has 1 heterocycles. The van der Waals surface area contributed by atoms with Gasteiger partial charge in [0.1, 0.15) is 5.82 Å². The minimum Gasteiger partial charge on any atom is -0.367 e. The van der Waals surface area contributed by atoms with Crippen LogP contribution in [-0.2, 0) is 0 Å². The summed E-state index contributed by atoms with van der Waals surface area (Å²) in [6.07, 6.45) is 3.55. The van der Waals surface area contributed by atoms with Crippen molar-refractivity contribution in [1.82, 2.24) is 10.6 Å². The van der Waals surface area contributed by atoms with Crippen molar-refractivity contribution in [2.45, 2.75) is 31.7 Å². The normalized spacial score (nSPS) is 22.1. The monoisotopic (exact) mass is 316 g/mol. The van der Waals surface area contributed by atoms with Crippen molar-refractivity contribution < 1.29 is 9.18 Å². The van der Waals surface area contributed by atoms with E-state index >= 15 is 0 Å². The van der Waals surface area contributed by atoms with Gasteiger partial charge in [0, 0.05) is 25.7 Å². The molecule has 1 atom stereocenters. The van der Waals surface area contributed by atoms with E-state index < -0.39 is 0 Å². The predicted molar refractivity (Wildman–Crippen MR) is 85.4 cm³/mol. The van der Waals surface area contributed by atoms with Gasteiger partial charge in [0.25, 0.3) is 0 Å². The summed E-state index contributed by atoms with van der Waals surface area (Å²) in [7, 11) is 0. The number of anilines is 1. The first-order valence-corrected chi connectivity index (χ1v) is 8.07. The molecule has 2 fully saturated rings. The van der Waals surface area contributed by atoms with Gasteiger partial charge in [-0.05, 0) is 31.4 Å². The number of nitrogens with zero attached hydrogens (tertiary/aromatic N) is 2. The third kappa shape index (κ3) is 3.39. The third-order valence-corrected chi connectivity index (χ3v) is 4.85. The smallest absolute Gasteiger partial charge is 0.315 e. The van der Waals surface area contributed by atoms with Gasteiger partial charge >= 0.3 is 6.03 Å². The van der Waals surface area contributed by atoms with Gasteiger partial charge in [0.05, 0.1) is 17.2 Å². The van der Waals surface area contributed by atoms with Crippen molar-refractivity contribution in [2.24, 2.45) is 5.41 Å². The molecule has 122 valence electrons. The molecule has 0 radical (unpaired) electrons. The van der Waals surface area contributed by atoms with Crippen LogP contribution in [0.4, 0.5) is 14.9 Å². The highest BCUT2D eigenvalue weighted by Crippen LogP contribution is 2.39. The summed E-state index contributed by atoms with van der Waals surface area (Å²) in [5.41, 5.74) is 0.210. The molecule has 1 aliphatic heterocycles. The van der Waals surface area contributed by atoms with Crippen LogP contribution in [0.2, 0.25) is 0 Å². The van der Waals surface area contributed by atoms with E-state index in [9.17, 15) is 9.18 Å². The van der Waals surface area contributed by atoms with Gasteiger partial charge in [0.15, 0.2) is 0 Å². The van der Waals surface area contributed by atoms with E-state index in [1.54, 1.807) is 12.1 Å². The molecule has 3 rings (SSSR count). The third-order valence-electron chi connectivity index (χ3n) is 4.85. The standard InChI is InChI=1S/C17H21FN4O/c18-14-4-1-2-5-15(14)22-9-6-13(10-22)21-16(23)20-12-17(11-19)7-3-8-17/h1-2,4-5,13H,3,6-10,12H2,(H2,20,21,23). The molecule has 1 saturated carbocycles. The first-order chi connectivity index (χ1) is 11.1. The van der Waals surface area contributed by atoms with Crippen molar-refractivity contribution in [2.75, 3.05) is 24.5 Å². The van der Waals surface area contributed by atoms with Crippen molar-refractivity contribution in [3.63, 3.8) is 0 Å². The summed E-state index contributed by atoms with van der Waals surface area (Å²) in [6, 6.07) is 8.74. The Bertz CT molecular complexity index is 623. The number of carbonyl (C=O) groups is 1. The van der Waals surface area contributed by atoms with Gasteiger partial charge in [-0.1, -0.05) is 18.6 Å². The second-order valence-corrected chi connectivity index (χ2v) is 6.46. The van der Waals surface area contributed by atoms with E-state index in [1.165, 1.54) is 6.07 Å². The highest BCUT2D eigenvalue weighted by Gasteiger charge is 2.37. The molecule has 2 aliphatic rings. The van der Waals surface area contributed by atoms with E-state index in [0.717, 1.165) is 25.7 Å². The second kappa shape index (κ2) is 6.45. The van der Waals surface area contributed by atoms with E-state index in [2.05, 4.69) is 16.7 Å². The van der Waals surface area contributed by atoms with Gasteiger partial charge in [-0.3, -0.25) is 0 Å². The number of para-hydroxylation sites is 1. The summed E-state index contributed by atoms with van der Waals surface area (Å²) in [4.78, 5) is 13.9. The maximum absolute atomic E-state index is 13.8. The number of hydrogen-bond donors (Lipinski definition) is 2. The molecule has 0 aromatic heterocycles. The Morgan fingerprint density at radius 2 is 2.22 bits per heavy atom. The number of nitrogens with one attached hydrogen (secondary N) is 2. The number of hydrogen-bond acceptors (Lipinski definition) is 3. The molecule has 2 amide bonds. The van der Waals surface area contributed by atoms with E-state index in [1.807, 2.05) is 11.0 Å². The molecule has 6 heteroatoms. The number of benzene rings is 1. The Balaban J connectivity index is 1.47. The fraction of sp³-hybridized carbons (Fsp3) is 0.529. The number of urea groups is 1. The number of amides is 2. The zero-order valence-corrected chi connectivity index (χ0v) is 13.0. The van der Waals surface area contributed by atoms with Crippen LogP contribution in [0.5, 0.6) is 0 Å². The summed E-state index contributed by atoms with van der Waals surface area (Å²) in [6.45, 7) is 1.71. The van der Waals surface area contributed by atoms with E-state index in [0.29, 0.717) is 25.3 Å². The molecule has 1 aromatic rings. The molecule has 1 aliphatic carbocycles. The molecule has 1 unspecified atom stereocenters. The molecule has 0 spiro atoms. The Labute approximate surface area is 135 Å². The van der Waals surface area contributed by atoms with Crippen LogP contribution >= 0.6 is 0 Å². The minimum atomic E-state index is -0.369. The van der Waals surface area contributed by atoms with Crippen molar-refractivity contribution in [1.29, 1.82) is 5.26 Å². The lowest BCUT2D eigenvalue weighted by Gasteiger charge is -2.35. The molecule has 1 saturated heterocycles. The predicted octanol–water partition coefficient (Wildman–Crippen LogP) is 2.40. The Morgan fingerprint density at radius 3 is 2.87 bits per heavy atom. The number of nitriles is 1.